The highest BCUT2D eigenvalue weighted by molar-refractivity contribution is 5.69. The van der Waals surface area contributed by atoms with Crippen molar-refractivity contribution in [2.24, 2.45) is 5.92 Å². The Kier molecular flexibility index (Phi) is 5.90. The monoisotopic (exact) mass is 275 g/mol. The maximum Gasteiger partial charge on any atom is 0.306 e. The van der Waals surface area contributed by atoms with Crippen LogP contribution in [0.4, 0.5) is 5.69 Å². The maximum absolute atomic E-state index is 11.8. The topological polar surface area (TPSA) is 38.3 Å². The Morgan fingerprint density at radius 1 is 1.30 bits per heavy atom. The number of carbonyl (C=O) groups is 1. The highest BCUT2D eigenvalue weighted by atomic mass is 16.5. The Morgan fingerprint density at radius 3 is 2.85 bits per heavy atom. The predicted molar refractivity (Wildman–Crippen MR) is 81.7 cm³/mol. The molecule has 0 saturated heterocycles. The number of benzene rings is 1. The molecule has 0 aromatic heterocycles. The fraction of sp³-hybridized carbons (Fsp3) is 0.588. The lowest BCUT2D eigenvalue weighted by Crippen LogP contribution is -2.24. The van der Waals surface area contributed by atoms with Gasteiger partial charge in [-0.3, -0.25) is 4.79 Å². The van der Waals surface area contributed by atoms with Gasteiger partial charge in [-0.25, -0.2) is 0 Å². The summed E-state index contributed by atoms with van der Waals surface area (Å²) in [7, 11) is 0. The molecule has 0 amide bonds. The van der Waals surface area contributed by atoms with E-state index in [4.69, 9.17) is 4.74 Å². The van der Waals surface area contributed by atoms with Gasteiger partial charge in [0.05, 0.1) is 0 Å². The fourth-order valence-electron chi connectivity index (χ4n) is 2.75. The molecule has 2 atom stereocenters. The van der Waals surface area contributed by atoms with Crippen LogP contribution in [-0.4, -0.2) is 18.6 Å². The van der Waals surface area contributed by atoms with Crippen LogP contribution in [0.1, 0.15) is 45.4 Å². The molecule has 110 valence electrons. The summed E-state index contributed by atoms with van der Waals surface area (Å²) in [4.78, 5) is 11.8. The number of carbonyl (C=O) groups excluding carboxylic acids is 1. The van der Waals surface area contributed by atoms with E-state index in [-0.39, 0.29) is 12.1 Å². The smallest absolute Gasteiger partial charge is 0.306 e. The zero-order valence-electron chi connectivity index (χ0n) is 12.3. The third-order valence-corrected chi connectivity index (χ3v) is 3.85. The van der Waals surface area contributed by atoms with Crippen LogP contribution in [0.15, 0.2) is 30.3 Å². The number of anilines is 1. The van der Waals surface area contributed by atoms with Crippen LogP contribution in [0.25, 0.3) is 0 Å². The molecule has 1 aromatic rings. The van der Waals surface area contributed by atoms with Crippen molar-refractivity contribution in [3.63, 3.8) is 0 Å². The van der Waals surface area contributed by atoms with Crippen LogP contribution in [0.5, 0.6) is 0 Å². The molecule has 1 N–H and O–H groups in total. The molecule has 0 spiro atoms. The molecule has 0 bridgehead atoms. The lowest BCUT2D eigenvalue weighted by atomic mass is 9.89. The van der Waals surface area contributed by atoms with Gasteiger partial charge in [0.15, 0.2) is 0 Å². The van der Waals surface area contributed by atoms with Gasteiger partial charge in [0, 0.05) is 18.7 Å². The number of ether oxygens (including phenoxy) is 1. The third-order valence-electron chi connectivity index (χ3n) is 3.85. The number of para-hydroxylation sites is 1. The zero-order chi connectivity index (χ0) is 14.2. The first-order chi connectivity index (χ1) is 9.74. The Bertz CT molecular complexity index is 405. The average molecular weight is 275 g/mol. The normalized spacial score (nSPS) is 22.2. The first-order valence-corrected chi connectivity index (χ1v) is 7.72. The zero-order valence-corrected chi connectivity index (χ0v) is 12.3. The SMILES string of the molecule is CC1CCCC(OC(=O)CCCNc2ccccc2)C1. The molecule has 3 heteroatoms. The van der Waals surface area contributed by atoms with Crippen LogP contribution in [-0.2, 0) is 9.53 Å². The van der Waals surface area contributed by atoms with Crippen molar-refractivity contribution >= 4 is 11.7 Å². The van der Waals surface area contributed by atoms with Crippen LogP contribution in [0.3, 0.4) is 0 Å². The highest BCUT2D eigenvalue weighted by Crippen LogP contribution is 2.26. The summed E-state index contributed by atoms with van der Waals surface area (Å²) in [5.41, 5.74) is 1.10. The second-order valence-corrected chi connectivity index (χ2v) is 5.78. The van der Waals surface area contributed by atoms with E-state index in [1.807, 2.05) is 30.3 Å². The van der Waals surface area contributed by atoms with Gasteiger partial charge in [-0.05, 0) is 43.7 Å². The average Bonchev–Trinajstić information content (AvgIpc) is 2.45. The van der Waals surface area contributed by atoms with Gasteiger partial charge in [-0.15, -0.1) is 0 Å². The molecule has 0 heterocycles. The Balaban J connectivity index is 1.58. The van der Waals surface area contributed by atoms with Crippen molar-refractivity contribution in [3.05, 3.63) is 30.3 Å². The summed E-state index contributed by atoms with van der Waals surface area (Å²) < 4.78 is 5.55. The van der Waals surface area contributed by atoms with E-state index >= 15 is 0 Å². The molecule has 3 nitrogen and oxygen atoms in total. The predicted octanol–water partition coefficient (Wildman–Crippen LogP) is 4.00. The van der Waals surface area contributed by atoms with E-state index in [2.05, 4.69) is 12.2 Å². The minimum atomic E-state index is -0.0426. The number of hydrogen-bond acceptors (Lipinski definition) is 3. The first kappa shape index (κ1) is 14.9. The summed E-state index contributed by atoms with van der Waals surface area (Å²) in [6.45, 7) is 3.05. The molecular weight excluding hydrogens is 250 g/mol. The van der Waals surface area contributed by atoms with Gasteiger partial charge in [-0.2, -0.15) is 0 Å². The second kappa shape index (κ2) is 7.93. The molecule has 1 fully saturated rings. The fourth-order valence-corrected chi connectivity index (χ4v) is 2.75. The van der Waals surface area contributed by atoms with Gasteiger partial charge in [0.25, 0.3) is 0 Å². The van der Waals surface area contributed by atoms with E-state index in [0.717, 1.165) is 31.5 Å². The summed E-state index contributed by atoms with van der Waals surface area (Å²) in [5, 5.41) is 3.30. The van der Waals surface area contributed by atoms with Crippen LogP contribution in [0.2, 0.25) is 0 Å². The molecule has 2 unspecified atom stereocenters. The van der Waals surface area contributed by atoms with Crippen molar-refractivity contribution in [1.82, 2.24) is 0 Å². The Hall–Kier alpha value is -1.51. The van der Waals surface area contributed by atoms with Crippen LogP contribution >= 0.6 is 0 Å². The minimum Gasteiger partial charge on any atom is -0.462 e. The molecule has 1 aliphatic carbocycles. The highest BCUT2D eigenvalue weighted by Gasteiger charge is 2.21. The van der Waals surface area contributed by atoms with Crippen molar-refractivity contribution in [2.45, 2.75) is 51.6 Å². The lowest BCUT2D eigenvalue weighted by Gasteiger charge is -2.26. The Morgan fingerprint density at radius 2 is 2.10 bits per heavy atom. The van der Waals surface area contributed by atoms with Gasteiger partial charge in [0.2, 0.25) is 0 Å². The van der Waals surface area contributed by atoms with Gasteiger partial charge in [0.1, 0.15) is 6.10 Å². The molecule has 2 rings (SSSR count). The molecule has 0 radical (unpaired) electrons. The van der Waals surface area contributed by atoms with Gasteiger partial charge >= 0.3 is 5.97 Å². The van der Waals surface area contributed by atoms with Crippen LogP contribution in [0, 0.1) is 5.92 Å². The quantitative estimate of drug-likeness (QED) is 0.630. The van der Waals surface area contributed by atoms with Gasteiger partial charge < -0.3 is 10.1 Å². The summed E-state index contributed by atoms with van der Waals surface area (Å²) in [5.74, 6) is 0.653. The second-order valence-electron chi connectivity index (χ2n) is 5.78. The number of esters is 1. The van der Waals surface area contributed by atoms with E-state index in [0.29, 0.717) is 12.3 Å². The van der Waals surface area contributed by atoms with E-state index in [1.165, 1.54) is 12.8 Å². The van der Waals surface area contributed by atoms with Gasteiger partial charge in [-0.1, -0.05) is 31.5 Å². The molecule has 1 aliphatic rings. The maximum atomic E-state index is 11.8. The van der Waals surface area contributed by atoms with E-state index in [9.17, 15) is 4.79 Å². The number of rotatable bonds is 6. The summed E-state index contributed by atoms with van der Waals surface area (Å²) in [6, 6.07) is 10.1. The number of nitrogens with one attached hydrogen (secondary N) is 1. The third kappa shape index (κ3) is 5.24. The Labute approximate surface area is 121 Å². The lowest BCUT2D eigenvalue weighted by molar-refractivity contribution is -0.151. The molecule has 1 saturated carbocycles. The molecule has 20 heavy (non-hydrogen) atoms. The molecular formula is C17H25NO2. The molecule has 1 aromatic carbocycles. The number of hydrogen-bond donors (Lipinski definition) is 1. The molecule has 0 aliphatic heterocycles. The van der Waals surface area contributed by atoms with Crippen molar-refractivity contribution in [3.8, 4) is 0 Å². The largest absolute Gasteiger partial charge is 0.462 e. The van der Waals surface area contributed by atoms with E-state index in [1.54, 1.807) is 0 Å². The van der Waals surface area contributed by atoms with Crippen molar-refractivity contribution in [2.75, 3.05) is 11.9 Å². The van der Waals surface area contributed by atoms with Crippen molar-refractivity contribution in [1.29, 1.82) is 0 Å². The van der Waals surface area contributed by atoms with Crippen LogP contribution < -0.4 is 5.32 Å². The first-order valence-electron chi connectivity index (χ1n) is 7.72. The standard InChI is InChI=1S/C17H25NO2/c1-14-7-5-10-16(13-14)20-17(19)11-6-12-18-15-8-3-2-4-9-15/h2-4,8-9,14,16,18H,5-7,10-13H2,1H3. The van der Waals surface area contributed by atoms with Crippen molar-refractivity contribution < 1.29 is 9.53 Å². The van der Waals surface area contributed by atoms with E-state index < -0.39 is 0 Å². The summed E-state index contributed by atoms with van der Waals surface area (Å²) >= 11 is 0. The summed E-state index contributed by atoms with van der Waals surface area (Å²) in [6.07, 6.45) is 6.02. The minimum absolute atomic E-state index is 0.0426.